The van der Waals surface area contributed by atoms with Crippen LogP contribution in [-0.4, -0.2) is 58.6 Å². The Bertz CT molecular complexity index is 698. The molecular weight excluding hydrogens is 314 g/mol. The summed E-state index contributed by atoms with van der Waals surface area (Å²) in [6.45, 7) is 3.65. The smallest absolute Gasteiger partial charge is 0.317 e. The topological polar surface area (TPSA) is 53.4 Å². The normalized spacial score (nSPS) is 19.0. The van der Waals surface area contributed by atoms with Gasteiger partial charge in [-0.05, 0) is 51.6 Å². The van der Waals surface area contributed by atoms with Crippen molar-refractivity contribution in [2.75, 3.05) is 27.2 Å². The molecule has 0 unspecified atom stereocenters. The van der Waals surface area contributed by atoms with E-state index in [1.54, 1.807) is 12.5 Å². The molecule has 2 atom stereocenters. The lowest BCUT2D eigenvalue weighted by atomic mass is 10.0. The number of carbonyl (C=O) groups is 1. The maximum atomic E-state index is 12.6. The van der Waals surface area contributed by atoms with Crippen molar-refractivity contribution in [1.29, 1.82) is 0 Å². The Kier molecular flexibility index (Phi) is 5.38. The third-order valence-corrected chi connectivity index (χ3v) is 4.93. The number of imidazole rings is 1. The highest BCUT2D eigenvalue weighted by atomic mass is 16.2. The number of hydrogen-bond acceptors (Lipinski definition) is 3. The van der Waals surface area contributed by atoms with Crippen LogP contribution in [-0.2, 0) is 0 Å². The van der Waals surface area contributed by atoms with E-state index in [4.69, 9.17) is 0 Å². The van der Waals surface area contributed by atoms with Gasteiger partial charge in [-0.2, -0.15) is 0 Å². The molecule has 25 heavy (non-hydrogen) atoms. The van der Waals surface area contributed by atoms with Gasteiger partial charge < -0.3 is 19.7 Å². The molecule has 0 spiro atoms. The maximum absolute atomic E-state index is 12.6. The number of likely N-dealkylation sites (tertiary alicyclic amines) is 1. The third-order valence-electron chi connectivity index (χ3n) is 4.93. The molecule has 6 nitrogen and oxygen atoms in total. The highest BCUT2D eigenvalue weighted by Gasteiger charge is 2.25. The van der Waals surface area contributed by atoms with E-state index in [0.717, 1.165) is 37.2 Å². The van der Waals surface area contributed by atoms with Gasteiger partial charge in [0.15, 0.2) is 0 Å². The van der Waals surface area contributed by atoms with Gasteiger partial charge in [-0.25, -0.2) is 9.78 Å². The van der Waals surface area contributed by atoms with Gasteiger partial charge in [-0.3, -0.25) is 0 Å². The summed E-state index contributed by atoms with van der Waals surface area (Å²) in [6.07, 6.45) is 7.66. The molecule has 1 aromatic heterocycles. The summed E-state index contributed by atoms with van der Waals surface area (Å²) in [4.78, 5) is 20.9. The van der Waals surface area contributed by atoms with Crippen molar-refractivity contribution in [2.24, 2.45) is 0 Å². The maximum Gasteiger partial charge on any atom is 0.317 e. The van der Waals surface area contributed by atoms with Gasteiger partial charge in [0.05, 0.1) is 12.4 Å². The van der Waals surface area contributed by atoms with Gasteiger partial charge in [0, 0.05) is 37.2 Å². The summed E-state index contributed by atoms with van der Waals surface area (Å²) in [7, 11) is 4.16. The molecule has 134 valence electrons. The number of aromatic nitrogens is 2. The zero-order chi connectivity index (χ0) is 17.8. The van der Waals surface area contributed by atoms with Crippen LogP contribution in [0.2, 0.25) is 0 Å². The Morgan fingerprint density at radius 1 is 1.40 bits per heavy atom. The first-order valence-electron chi connectivity index (χ1n) is 8.85. The summed E-state index contributed by atoms with van der Waals surface area (Å²) in [5, 5.41) is 3.14. The van der Waals surface area contributed by atoms with E-state index in [0.29, 0.717) is 6.04 Å². The van der Waals surface area contributed by atoms with Crippen LogP contribution in [0.3, 0.4) is 0 Å². The largest absolute Gasteiger partial charge is 0.331 e. The highest BCUT2D eigenvalue weighted by molar-refractivity contribution is 5.75. The lowest BCUT2D eigenvalue weighted by molar-refractivity contribution is 0.138. The van der Waals surface area contributed by atoms with E-state index >= 15 is 0 Å². The second-order valence-electron chi connectivity index (χ2n) is 6.94. The molecule has 1 aliphatic heterocycles. The van der Waals surface area contributed by atoms with Crippen molar-refractivity contribution in [3.05, 3.63) is 48.5 Å². The van der Waals surface area contributed by atoms with Crippen molar-refractivity contribution < 1.29 is 4.79 Å². The minimum atomic E-state index is -0.0456. The average molecular weight is 341 g/mol. The fraction of sp³-hybridized carbons (Fsp3) is 0.474. The van der Waals surface area contributed by atoms with Crippen LogP contribution in [0.5, 0.6) is 0 Å². The number of nitrogens with one attached hydrogen (secondary N) is 1. The van der Waals surface area contributed by atoms with E-state index in [-0.39, 0.29) is 12.1 Å². The van der Waals surface area contributed by atoms with Crippen molar-refractivity contribution in [1.82, 2.24) is 24.7 Å². The van der Waals surface area contributed by atoms with Gasteiger partial charge in [0.25, 0.3) is 0 Å². The van der Waals surface area contributed by atoms with E-state index < -0.39 is 0 Å². The summed E-state index contributed by atoms with van der Waals surface area (Å²) >= 11 is 0. The molecule has 0 radical (unpaired) electrons. The van der Waals surface area contributed by atoms with Crippen molar-refractivity contribution >= 4 is 6.03 Å². The van der Waals surface area contributed by atoms with Gasteiger partial charge in [0.2, 0.25) is 0 Å². The van der Waals surface area contributed by atoms with E-state index in [9.17, 15) is 4.79 Å². The Balaban J connectivity index is 1.64. The lowest BCUT2D eigenvalue weighted by Gasteiger charge is -2.36. The second kappa shape index (κ2) is 7.70. The number of likely N-dealkylation sites (N-methyl/N-ethyl adjacent to an activating group) is 1. The summed E-state index contributed by atoms with van der Waals surface area (Å²) in [5.41, 5.74) is 2.13. The van der Waals surface area contributed by atoms with Crippen molar-refractivity contribution in [3.63, 3.8) is 0 Å². The van der Waals surface area contributed by atoms with Crippen LogP contribution in [0.1, 0.15) is 31.4 Å². The zero-order valence-corrected chi connectivity index (χ0v) is 15.2. The van der Waals surface area contributed by atoms with Crippen LogP contribution in [0.4, 0.5) is 4.79 Å². The third kappa shape index (κ3) is 4.20. The van der Waals surface area contributed by atoms with Gasteiger partial charge >= 0.3 is 6.03 Å². The Morgan fingerprint density at radius 3 is 2.96 bits per heavy atom. The number of hydrogen-bond donors (Lipinski definition) is 1. The molecule has 2 amide bonds. The number of benzene rings is 1. The molecule has 3 rings (SSSR count). The molecule has 1 aromatic carbocycles. The predicted octanol–water partition coefficient (Wildman–Crippen LogP) is 2.67. The van der Waals surface area contributed by atoms with Crippen LogP contribution in [0.15, 0.2) is 43.0 Å². The molecule has 1 fully saturated rings. The molecule has 2 heterocycles. The Labute approximate surface area is 149 Å². The quantitative estimate of drug-likeness (QED) is 0.930. The fourth-order valence-electron chi connectivity index (χ4n) is 3.29. The molecular formula is C19H27N5O. The Morgan fingerprint density at radius 2 is 2.24 bits per heavy atom. The number of amides is 2. The number of nitrogens with zero attached hydrogens (tertiary/aromatic N) is 4. The van der Waals surface area contributed by atoms with Crippen LogP contribution < -0.4 is 5.32 Å². The average Bonchev–Trinajstić information content (AvgIpc) is 3.16. The fourth-order valence-corrected chi connectivity index (χ4v) is 3.29. The summed E-state index contributed by atoms with van der Waals surface area (Å²) in [5.74, 6) is 0. The SMILES string of the molecule is C[C@@H](NC(=O)N1CCC[C@H](N(C)C)C1)c1cccc(-n2ccnc2)c1. The summed E-state index contributed by atoms with van der Waals surface area (Å²) in [6, 6.07) is 8.60. The first kappa shape index (κ1) is 17.5. The van der Waals surface area contributed by atoms with Crippen LogP contribution in [0, 0.1) is 0 Å². The summed E-state index contributed by atoms with van der Waals surface area (Å²) < 4.78 is 1.96. The number of carbonyl (C=O) groups excluding carboxylic acids is 1. The van der Waals surface area contributed by atoms with Crippen LogP contribution >= 0.6 is 0 Å². The number of rotatable bonds is 4. The molecule has 0 bridgehead atoms. The van der Waals surface area contributed by atoms with Gasteiger partial charge in [-0.1, -0.05) is 12.1 Å². The first-order chi connectivity index (χ1) is 12.0. The zero-order valence-electron chi connectivity index (χ0n) is 15.2. The Hall–Kier alpha value is -2.34. The molecule has 0 saturated carbocycles. The molecule has 1 saturated heterocycles. The van der Waals surface area contributed by atoms with E-state index in [2.05, 4.69) is 35.4 Å². The standard InChI is InChI=1S/C19H27N5O/c1-15(16-6-4-7-17(12-16)24-11-9-20-14-24)21-19(25)23-10-5-8-18(13-23)22(2)3/h4,6-7,9,11-12,14-15,18H,5,8,10,13H2,1-3H3,(H,21,25)/t15-,18+/m1/s1. The lowest BCUT2D eigenvalue weighted by Crippen LogP contribution is -2.51. The first-order valence-corrected chi connectivity index (χ1v) is 8.85. The molecule has 2 aromatic rings. The van der Waals surface area contributed by atoms with Crippen molar-refractivity contribution in [3.8, 4) is 5.69 Å². The molecule has 6 heteroatoms. The van der Waals surface area contributed by atoms with Crippen molar-refractivity contribution in [2.45, 2.75) is 31.8 Å². The van der Waals surface area contributed by atoms with E-state index in [1.165, 1.54) is 0 Å². The second-order valence-corrected chi connectivity index (χ2v) is 6.94. The minimum Gasteiger partial charge on any atom is -0.331 e. The molecule has 1 N–H and O–H groups in total. The van der Waals surface area contributed by atoms with Gasteiger partial charge in [-0.15, -0.1) is 0 Å². The molecule has 0 aliphatic carbocycles. The number of urea groups is 1. The highest BCUT2D eigenvalue weighted by Crippen LogP contribution is 2.19. The van der Waals surface area contributed by atoms with E-state index in [1.807, 2.05) is 40.8 Å². The van der Waals surface area contributed by atoms with Gasteiger partial charge in [0.1, 0.15) is 0 Å². The molecule has 1 aliphatic rings. The monoisotopic (exact) mass is 341 g/mol. The van der Waals surface area contributed by atoms with Crippen LogP contribution in [0.25, 0.3) is 5.69 Å². The minimum absolute atomic E-state index is 0.0204. The predicted molar refractivity (Wildman–Crippen MR) is 98.8 cm³/mol. The number of piperidine rings is 1.